The molecule has 2 aromatic carbocycles. The van der Waals surface area contributed by atoms with E-state index in [2.05, 4.69) is 37.9 Å². The lowest BCUT2D eigenvalue weighted by molar-refractivity contribution is 0.0949. The monoisotopic (exact) mass is 487 g/mol. The molecule has 5 N–H and O–H groups in total. The van der Waals surface area contributed by atoms with Crippen LogP contribution in [0.2, 0.25) is 0 Å². The molecule has 0 fully saturated rings. The van der Waals surface area contributed by atoms with Gasteiger partial charge in [-0.3, -0.25) is 9.59 Å². The minimum Gasteiger partial charge on any atom is -0.382 e. The van der Waals surface area contributed by atoms with Crippen LogP contribution in [0.3, 0.4) is 0 Å². The van der Waals surface area contributed by atoms with Gasteiger partial charge in [0.25, 0.3) is 11.8 Å². The number of amides is 2. The number of primary amides is 1. The Kier molecular flexibility index (Phi) is 6.19. The molecular formula is C20H18IN5O2. The summed E-state index contributed by atoms with van der Waals surface area (Å²) in [6.07, 6.45) is 1.89. The van der Waals surface area contributed by atoms with Crippen molar-refractivity contribution in [1.82, 2.24) is 15.3 Å². The Morgan fingerprint density at radius 2 is 1.82 bits per heavy atom. The molecule has 0 aliphatic heterocycles. The van der Waals surface area contributed by atoms with E-state index in [0.29, 0.717) is 24.2 Å². The Hall–Kier alpha value is -3.01. The number of hydrogen-bond donors (Lipinski definition) is 3. The van der Waals surface area contributed by atoms with Crippen molar-refractivity contribution in [2.45, 2.75) is 13.0 Å². The van der Waals surface area contributed by atoms with Gasteiger partial charge in [-0.15, -0.1) is 0 Å². The second kappa shape index (κ2) is 8.79. The van der Waals surface area contributed by atoms with E-state index in [4.69, 9.17) is 11.5 Å². The van der Waals surface area contributed by atoms with Gasteiger partial charge in [-0.05, 0) is 58.0 Å². The van der Waals surface area contributed by atoms with Crippen LogP contribution in [-0.2, 0) is 13.0 Å². The summed E-state index contributed by atoms with van der Waals surface area (Å²) in [4.78, 5) is 32.0. The van der Waals surface area contributed by atoms with E-state index in [1.165, 1.54) is 6.20 Å². The lowest BCUT2D eigenvalue weighted by Crippen LogP contribution is -2.23. The highest BCUT2D eigenvalue weighted by molar-refractivity contribution is 14.1. The standard InChI is InChI=1S/C20H18IN5O2/c21-15-6-2-4-13(8-15)10-25-20(28)14-5-1-3-12(7-14)9-16-11-24-18(22)17(26-16)19(23)27/h1-8,11H,9-10H2,(H2,22,24)(H2,23,27)(H,25,28). The second-order valence-corrected chi connectivity index (χ2v) is 7.39. The molecule has 3 aromatic rings. The van der Waals surface area contributed by atoms with Crippen LogP contribution in [0.1, 0.15) is 37.7 Å². The molecular weight excluding hydrogens is 469 g/mol. The van der Waals surface area contributed by atoms with E-state index < -0.39 is 5.91 Å². The number of benzene rings is 2. The first-order chi connectivity index (χ1) is 13.4. The molecule has 0 aliphatic carbocycles. The van der Waals surface area contributed by atoms with Crippen LogP contribution < -0.4 is 16.8 Å². The quantitative estimate of drug-likeness (QED) is 0.461. The van der Waals surface area contributed by atoms with Crippen molar-refractivity contribution in [3.63, 3.8) is 0 Å². The maximum Gasteiger partial charge on any atom is 0.271 e. The summed E-state index contributed by atoms with van der Waals surface area (Å²) in [6, 6.07) is 15.1. The van der Waals surface area contributed by atoms with Crippen molar-refractivity contribution in [2.75, 3.05) is 5.73 Å². The third-order valence-electron chi connectivity index (χ3n) is 4.00. The zero-order chi connectivity index (χ0) is 20.1. The molecule has 0 spiro atoms. The van der Waals surface area contributed by atoms with E-state index in [9.17, 15) is 9.59 Å². The van der Waals surface area contributed by atoms with Crippen molar-refractivity contribution >= 4 is 40.2 Å². The molecule has 0 aliphatic rings. The number of nitrogens with one attached hydrogen (secondary N) is 1. The predicted octanol–water partition coefficient (Wildman–Crippen LogP) is 2.28. The first-order valence-corrected chi connectivity index (χ1v) is 9.53. The number of rotatable bonds is 6. The number of hydrogen-bond acceptors (Lipinski definition) is 5. The molecule has 1 heterocycles. The summed E-state index contributed by atoms with van der Waals surface area (Å²) in [6.45, 7) is 0.450. The molecule has 0 radical (unpaired) electrons. The van der Waals surface area contributed by atoms with Crippen LogP contribution in [0.4, 0.5) is 5.82 Å². The van der Waals surface area contributed by atoms with Crippen LogP contribution in [0.15, 0.2) is 54.7 Å². The number of carbonyl (C=O) groups is 2. The predicted molar refractivity (Wildman–Crippen MR) is 115 cm³/mol. The average molecular weight is 487 g/mol. The Bertz CT molecular complexity index is 1040. The number of nitrogen functional groups attached to an aromatic ring is 1. The van der Waals surface area contributed by atoms with Crippen LogP contribution in [0.5, 0.6) is 0 Å². The van der Waals surface area contributed by atoms with E-state index in [-0.39, 0.29) is 17.4 Å². The van der Waals surface area contributed by atoms with Crippen LogP contribution in [0.25, 0.3) is 0 Å². The maximum atomic E-state index is 12.5. The molecule has 0 saturated carbocycles. The molecule has 142 valence electrons. The van der Waals surface area contributed by atoms with E-state index >= 15 is 0 Å². The van der Waals surface area contributed by atoms with Crippen molar-refractivity contribution in [3.05, 3.63) is 86.4 Å². The number of carbonyl (C=O) groups excluding carboxylic acids is 2. The minimum absolute atomic E-state index is 0.0000452. The van der Waals surface area contributed by atoms with E-state index in [1.54, 1.807) is 18.2 Å². The van der Waals surface area contributed by atoms with Crippen molar-refractivity contribution in [3.8, 4) is 0 Å². The molecule has 0 saturated heterocycles. The number of halogens is 1. The third-order valence-corrected chi connectivity index (χ3v) is 4.67. The lowest BCUT2D eigenvalue weighted by atomic mass is 10.1. The normalized spacial score (nSPS) is 10.5. The Balaban J connectivity index is 1.70. The number of nitrogens with zero attached hydrogens (tertiary/aromatic N) is 2. The highest BCUT2D eigenvalue weighted by Crippen LogP contribution is 2.13. The van der Waals surface area contributed by atoms with Gasteiger partial charge in [-0.25, -0.2) is 9.97 Å². The average Bonchev–Trinajstić information content (AvgIpc) is 2.67. The summed E-state index contributed by atoms with van der Waals surface area (Å²) < 4.78 is 1.12. The first kappa shape index (κ1) is 19.7. The van der Waals surface area contributed by atoms with Gasteiger partial charge in [0.2, 0.25) is 0 Å². The van der Waals surface area contributed by atoms with Crippen molar-refractivity contribution in [2.24, 2.45) is 5.73 Å². The van der Waals surface area contributed by atoms with Gasteiger partial charge in [0, 0.05) is 22.1 Å². The third kappa shape index (κ3) is 5.03. The molecule has 8 heteroatoms. The smallest absolute Gasteiger partial charge is 0.271 e. The van der Waals surface area contributed by atoms with Gasteiger partial charge >= 0.3 is 0 Å². The van der Waals surface area contributed by atoms with Crippen molar-refractivity contribution in [1.29, 1.82) is 0 Å². The lowest BCUT2D eigenvalue weighted by Gasteiger charge is -2.08. The van der Waals surface area contributed by atoms with E-state index in [0.717, 1.165) is 14.7 Å². The summed E-state index contributed by atoms with van der Waals surface area (Å²) in [7, 11) is 0. The second-order valence-electron chi connectivity index (χ2n) is 6.15. The van der Waals surface area contributed by atoms with Crippen LogP contribution in [-0.4, -0.2) is 21.8 Å². The maximum absolute atomic E-state index is 12.5. The fraction of sp³-hybridized carbons (Fsp3) is 0.100. The van der Waals surface area contributed by atoms with Crippen molar-refractivity contribution < 1.29 is 9.59 Å². The Labute approximate surface area is 175 Å². The summed E-state index contributed by atoms with van der Waals surface area (Å²) in [5.41, 5.74) is 13.8. The largest absolute Gasteiger partial charge is 0.382 e. The summed E-state index contributed by atoms with van der Waals surface area (Å²) >= 11 is 2.24. The fourth-order valence-electron chi connectivity index (χ4n) is 2.66. The Morgan fingerprint density at radius 3 is 2.57 bits per heavy atom. The van der Waals surface area contributed by atoms with Crippen LogP contribution in [0, 0.1) is 3.57 Å². The number of nitrogens with two attached hydrogens (primary N) is 2. The molecule has 2 amide bonds. The molecule has 1 aromatic heterocycles. The molecule has 7 nitrogen and oxygen atoms in total. The van der Waals surface area contributed by atoms with Gasteiger partial charge in [0.05, 0.1) is 11.9 Å². The van der Waals surface area contributed by atoms with Gasteiger partial charge in [-0.1, -0.05) is 24.3 Å². The van der Waals surface area contributed by atoms with Gasteiger partial charge in [-0.2, -0.15) is 0 Å². The molecule has 0 bridgehead atoms. The molecule has 28 heavy (non-hydrogen) atoms. The molecule has 0 unspecified atom stereocenters. The highest BCUT2D eigenvalue weighted by atomic mass is 127. The SMILES string of the molecule is NC(=O)c1nc(Cc2cccc(C(=O)NCc3cccc(I)c3)c2)cnc1N. The minimum atomic E-state index is -0.726. The van der Waals surface area contributed by atoms with Gasteiger partial charge in [0.1, 0.15) is 0 Å². The molecule has 3 rings (SSSR count). The van der Waals surface area contributed by atoms with Gasteiger partial charge in [0.15, 0.2) is 11.5 Å². The molecule has 0 atom stereocenters. The first-order valence-electron chi connectivity index (χ1n) is 8.45. The fourth-order valence-corrected chi connectivity index (χ4v) is 3.27. The van der Waals surface area contributed by atoms with E-state index in [1.807, 2.05) is 30.3 Å². The summed E-state index contributed by atoms with van der Waals surface area (Å²) in [5.74, 6) is -0.891. The van der Waals surface area contributed by atoms with Gasteiger partial charge < -0.3 is 16.8 Å². The van der Waals surface area contributed by atoms with Crippen LogP contribution >= 0.6 is 22.6 Å². The zero-order valence-corrected chi connectivity index (χ0v) is 17.0. The Morgan fingerprint density at radius 1 is 1.07 bits per heavy atom. The number of anilines is 1. The highest BCUT2D eigenvalue weighted by Gasteiger charge is 2.12. The number of aromatic nitrogens is 2. The zero-order valence-electron chi connectivity index (χ0n) is 14.9. The summed E-state index contributed by atoms with van der Waals surface area (Å²) in [5, 5.41) is 2.92. The topological polar surface area (TPSA) is 124 Å².